The van der Waals surface area contributed by atoms with Crippen LogP contribution in [0.15, 0.2) is 0 Å². The van der Waals surface area contributed by atoms with Gasteiger partial charge in [0, 0.05) is 26.7 Å². The maximum Gasteiger partial charge on any atom is 0.314 e. The third-order valence-corrected chi connectivity index (χ3v) is 2.00. The van der Waals surface area contributed by atoms with Crippen molar-refractivity contribution in [1.82, 2.24) is 21.3 Å². The van der Waals surface area contributed by atoms with E-state index in [4.69, 9.17) is 9.47 Å². The van der Waals surface area contributed by atoms with Crippen LogP contribution in [0.5, 0.6) is 0 Å². The maximum atomic E-state index is 11.0. The minimum absolute atomic E-state index is 0.192. The van der Waals surface area contributed by atoms with Crippen molar-refractivity contribution in [2.24, 2.45) is 0 Å². The molecule has 0 atom stereocenters. The maximum absolute atomic E-state index is 11.0. The topological polar surface area (TPSA) is 101 Å². The summed E-state index contributed by atoms with van der Waals surface area (Å²) < 4.78 is 10.5. The zero-order chi connectivity index (χ0) is 14.3. The lowest BCUT2D eigenvalue weighted by atomic mass is 10.6. The molecular weight excluding hydrogens is 252 g/mol. The summed E-state index contributed by atoms with van der Waals surface area (Å²) in [6.07, 6.45) is 0. The molecule has 4 N–H and O–H groups in total. The van der Waals surface area contributed by atoms with E-state index in [1.165, 1.54) is 0 Å². The van der Waals surface area contributed by atoms with Crippen molar-refractivity contribution in [3.63, 3.8) is 0 Å². The molecule has 0 aromatic carbocycles. The Balaban J connectivity index is 3.11. The van der Waals surface area contributed by atoms with Gasteiger partial charge in [-0.1, -0.05) is 0 Å². The van der Waals surface area contributed by atoms with Crippen molar-refractivity contribution < 1.29 is 19.1 Å². The molecule has 0 fully saturated rings. The molecule has 0 aliphatic rings. The molecule has 4 amide bonds. The molecule has 0 heterocycles. The molecule has 0 bridgehead atoms. The Kier molecular flexibility index (Phi) is 11.9. The first kappa shape index (κ1) is 17.5. The first-order valence-corrected chi connectivity index (χ1v) is 6.33. The Morgan fingerprint density at radius 2 is 1.37 bits per heavy atom. The first-order chi connectivity index (χ1) is 9.20. The predicted octanol–water partition coefficient (Wildman–Crippen LogP) is -0.732. The average Bonchev–Trinajstić information content (AvgIpc) is 2.40. The predicted molar refractivity (Wildman–Crippen MR) is 71.2 cm³/mol. The van der Waals surface area contributed by atoms with Crippen LogP contribution in [-0.2, 0) is 9.47 Å². The Bertz CT molecular complexity index is 251. The minimum Gasteiger partial charge on any atom is -0.377 e. The van der Waals surface area contributed by atoms with E-state index in [0.717, 1.165) is 0 Å². The summed E-state index contributed by atoms with van der Waals surface area (Å²) >= 11 is 0. The molecule has 0 rings (SSSR count). The molecule has 0 saturated carbocycles. The van der Waals surface area contributed by atoms with E-state index < -0.39 is 0 Å². The van der Waals surface area contributed by atoms with E-state index in [9.17, 15) is 9.59 Å². The van der Waals surface area contributed by atoms with E-state index in [1.54, 1.807) is 7.05 Å². The second kappa shape index (κ2) is 12.9. The minimum atomic E-state index is -0.226. The molecule has 8 nitrogen and oxygen atoms in total. The molecule has 19 heavy (non-hydrogen) atoms. The lowest BCUT2D eigenvalue weighted by molar-refractivity contribution is 0.0510. The normalized spacial score (nSPS) is 9.79. The standard InChI is InChI=1S/C11H24N4O4/c1-3-13-11(17)15-5-7-19-9-8-18-6-4-14-10(16)12-2/h3-9H2,1-2H3,(H2,12,14,16)(H2,13,15,17). The zero-order valence-electron chi connectivity index (χ0n) is 11.6. The van der Waals surface area contributed by atoms with Crippen LogP contribution in [0.25, 0.3) is 0 Å². The number of hydrogen-bond donors (Lipinski definition) is 4. The fourth-order valence-corrected chi connectivity index (χ4v) is 1.11. The molecule has 0 unspecified atom stereocenters. The van der Waals surface area contributed by atoms with Gasteiger partial charge in [0.05, 0.1) is 26.4 Å². The Labute approximate surface area is 113 Å². The number of carbonyl (C=O) groups is 2. The van der Waals surface area contributed by atoms with Crippen molar-refractivity contribution >= 4 is 12.1 Å². The number of hydrogen-bond acceptors (Lipinski definition) is 4. The highest BCUT2D eigenvalue weighted by Gasteiger charge is 1.96. The lowest BCUT2D eigenvalue weighted by Gasteiger charge is -2.08. The van der Waals surface area contributed by atoms with Gasteiger partial charge in [0.25, 0.3) is 0 Å². The van der Waals surface area contributed by atoms with Gasteiger partial charge >= 0.3 is 12.1 Å². The van der Waals surface area contributed by atoms with Crippen LogP contribution in [0.3, 0.4) is 0 Å². The van der Waals surface area contributed by atoms with Gasteiger partial charge in [-0.05, 0) is 6.92 Å². The highest BCUT2D eigenvalue weighted by atomic mass is 16.5. The quantitative estimate of drug-likeness (QED) is 0.395. The van der Waals surface area contributed by atoms with E-state index in [1.807, 2.05) is 6.92 Å². The van der Waals surface area contributed by atoms with Crippen molar-refractivity contribution in [3.8, 4) is 0 Å². The monoisotopic (exact) mass is 276 g/mol. The Morgan fingerprint density at radius 3 is 1.84 bits per heavy atom. The van der Waals surface area contributed by atoms with Gasteiger partial charge in [0.15, 0.2) is 0 Å². The van der Waals surface area contributed by atoms with Crippen LogP contribution in [-0.4, -0.2) is 65.2 Å². The van der Waals surface area contributed by atoms with E-state index in [0.29, 0.717) is 46.1 Å². The third-order valence-electron chi connectivity index (χ3n) is 2.00. The SMILES string of the molecule is CCNC(=O)NCCOCCOCCNC(=O)NC. The van der Waals surface area contributed by atoms with Crippen LogP contribution in [0.4, 0.5) is 9.59 Å². The summed E-state index contributed by atoms with van der Waals surface area (Å²) in [7, 11) is 1.55. The lowest BCUT2D eigenvalue weighted by Crippen LogP contribution is -2.37. The zero-order valence-corrected chi connectivity index (χ0v) is 11.6. The van der Waals surface area contributed by atoms with Gasteiger partial charge in [0.2, 0.25) is 0 Å². The fraction of sp³-hybridized carbons (Fsp3) is 0.818. The smallest absolute Gasteiger partial charge is 0.314 e. The van der Waals surface area contributed by atoms with Gasteiger partial charge < -0.3 is 30.7 Å². The second-order valence-electron chi connectivity index (χ2n) is 3.52. The molecule has 112 valence electrons. The molecule has 0 saturated heterocycles. The summed E-state index contributed by atoms with van der Waals surface area (Å²) in [5.41, 5.74) is 0. The first-order valence-electron chi connectivity index (χ1n) is 6.33. The van der Waals surface area contributed by atoms with Crippen molar-refractivity contribution in [1.29, 1.82) is 0 Å². The number of nitrogens with one attached hydrogen (secondary N) is 4. The summed E-state index contributed by atoms with van der Waals surface area (Å²) in [4.78, 5) is 21.8. The number of ether oxygens (including phenoxy) is 2. The Hall–Kier alpha value is -1.54. The average molecular weight is 276 g/mol. The third kappa shape index (κ3) is 12.7. The van der Waals surface area contributed by atoms with E-state index in [2.05, 4.69) is 21.3 Å². The highest BCUT2D eigenvalue weighted by molar-refractivity contribution is 5.73. The van der Waals surface area contributed by atoms with E-state index >= 15 is 0 Å². The molecule has 8 heteroatoms. The summed E-state index contributed by atoms with van der Waals surface area (Å²) in [5, 5.41) is 10.3. The van der Waals surface area contributed by atoms with Crippen LogP contribution in [0, 0.1) is 0 Å². The number of carbonyl (C=O) groups excluding carboxylic acids is 2. The highest BCUT2D eigenvalue weighted by Crippen LogP contribution is 1.78. The number of urea groups is 2. The van der Waals surface area contributed by atoms with Gasteiger partial charge in [-0.15, -0.1) is 0 Å². The summed E-state index contributed by atoms with van der Waals surface area (Å²) in [5.74, 6) is 0. The number of amides is 4. The fourth-order valence-electron chi connectivity index (χ4n) is 1.11. The van der Waals surface area contributed by atoms with E-state index in [-0.39, 0.29) is 12.1 Å². The molecule has 0 aliphatic carbocycles. The van der Waals surface area contributed by atoms with Crippen LogP contribution in [0.1, 0.15) is 6.92 Å². The Morgan fingerprint density at radius 1 is 0.842 bits per heavy atom. The van der Waals surface area contributed by atoms with Gasteiger partial charge in [-0.3, -0.25) is 0 Å². The van der Waals surface area contributed by atoms with Gasteiger partial charge in [0.1, 0.15) is 0 Å². The molecule has 0 spiro atoms. The van der Waals surface area contributed by atoms with Crippen molar-refractivity contribution in [2.75, 3.05) is 53.1 Å². The van der Waals surface area contributed by atoms with Crippen molar-refractivity contribution in [2.45, 2.75) is 6.92 Å². The van der Waals surface area contributed by atoms with Crippen molar-refractivity contribution in [3.05, 3.63) is 0 Å². The van der Waals surface area contributed by atoms with Gasteiger partial charge in [-0.25, -0.2) is 9.59 Å². The van der Waals surface area contributed by atoms with Gasteiger partial charge in [-0.2, -0.15) is 0 Å². The molecular formula is C11H24N4O4. The summed E-state index contributed by atoms with van der Waals surface area (Å²) in [6.45, 7) is 5.16. The van der Waals surface area contributed by atoms with Crippen LogP contribution < -0.4 is 21.3 Å². The van der Waals surface area contributed by atoms with Crippen LogP contribution >= 0.6 is 0 Å². The molecule has 0 aromatic rings. The molecule has 0 radical (unpaired) electrons. The second-order valence-corrected chi connectivity index (χ2v) is 3.52. The largest absolute Gasteiger partial charge is 0.377 e. The summed E-state index contributed by atoms with van der Waals surface area (Å²) in [6, 6.07) is -0.418. The number of rotatable bonds is 10. The molecule has 0 aromatic heterocycles. The van der Waals surface area contributed by atoms with Crippen LogP contribution in [0.2, 0.25) is 0 Å². The molecule has 0 aliphatic heterocycles.